The van der Waals surface area contributed by atoms with Crippen molar-refractivity contribution in [1.29, 1.82) is 0 Å². The van der Waals surface area contributed by atoms with Crippen molar-refractivity contribution in [1.82, 2.24) is 10.6 Å². The Labute approximate surface area is 179 Å². The predicted molar refractivity (Wildman–Crippen MR) is 112 cm³/mol. The lowest BCUT2D eigenvalue weighted by Crippen LogP contribution is -2.30. The van der Waals surface area contributed by atoms with Gasteiger partial charge in [0.15, 0.2) is 18.1 Å². The highest BCUT2D eigenvalue weighted by atomic mass is 16.5. The lowest BCUT2D eigenvalue weighted by molar-refractivity contribution is -0.120. The molecule has 166 valence electrons. The molecule has 2 aromatic rings. The van der Waals surface area contributed by atoms with E-state index < -0.39 is 5.91 Å². The van der Waals surface area contributed by atoms with Gasteiger partial charge in [-0.2, -0.15) is 0 Å². The number of aromatic hydroxyl groups is 1. The Morgan fingerprint density at radius 1 is 0.935 bits per heavy atom. The number of nitrogens with two attached hydrogens (primary N) is 1. The fourth-order valence-corrected chi connectivity index (χ4v) is 2.64. The molecule has 0 aromatic heterocycles. The van der Waals surface area contributed by atoms with E-state index in [1.807, 2.05) is 0 Å². The van der Waals surface area contributed by atoms with E-state index in [0.29, 0.717) is 25.1 Å². The topological polar surface area (TPSA) is 149 Å². The van der Waals surface area contributed by atoms with Crippen LogP contribution in [0.1, 0.15) is 27.1 Å². The van der Waals surface area contributed by atoms with Gasteiger partial charge in [-0.05, 0) is 36.8 Å². The standard InChI is InChI=1S/C21H25N3O7/c1-29-16-10-14(11-17(30-2)19(16)31-12-18(22)26)21(28)24-8-4-7-23-20(27)13-5-3-6-15(25)9-13/h3,5-6,9-11,25H,4,7-8,12H2,1-2H3,(H2,22,26)(H,23,27)(H,24,28). The van der Waals surface area contributed by atoms with Crippen molar-refractivity contribution < 1.29 is 33.7 Å². The number of hydrogen-bond acceptors (Lipinski definition) is 7. The SMILES string of the molecule is COc1cc(C(=O)NCCCNC(=O)c2cccc(O)c2)cc(OC)c1OCC(N)=O. The Morgan fingerprint density at radius 3 is 2.03 bits per heavy atom. The van der Waals surface area contributed by atoms with Crippen LogP contribution >= 0.6 is 0 Å². The fraction of sp³-hybridized carbons (Fsp3) is 0.286. The Morgan fingerprint density at radius 2 is 1.52 bits per heavy atom. The number of carbonyl (C=O) groups excluding carboxylic acids is 3. The highest BCUT2D eigenvalue weighted by Crippen LogP contribution is 2.38. The molecule has 5 N–H and O–H groups in total. The molecule has 0 spiro atoms. The predicted octanol–water partition coefficient (Wildman–Crippen LogP) is 0.823. The van der Waals surface area contributed by atoms with Crippen LogP contribution in [0.5, 0.6) is 23.0 Å². The lowest BCUT2D eigenvalue weighted by Gasteiger charge is -2.15. The number of nitrogens with one attached hydrogen (secondary N) is 2. The van der Waals surface area contributed by atoms with Crippen LogP contribution in [0.3, 0.4) is 0 Å². The van der Waals surface area contributed by atoms with Gasteiger partial charge >= 0.3 is 0 Å². The molecule has 0 atom stereocenters. The first-order chi connectivity index (χ1) is 14.8. The number of ether oxygens (including phenoxy) is 3. The minimum atomic E-state index is -0.665. The summed E-state index contributed by atoms with van der Waals surface area (Å²) in [6.07, 6.45) is 0.490. The molecule has 0 bridgehead atoms. The third kappa shape index (κ3) is 6.81. The van der Waals surface area contributed by atoms with E-state index in [-0.39, 0.29) is 47.0 Å². The second-order valence-electron chi connectivity index (χ2n) is 6.38. The van der Waals surface area contributed by atoms with Crippen molar-refractivity contribution in [2.24, 2.45) is 5.73 Å². The van der Waals surface area contributed by atoms with Gasteiger partial charge in [-0.1, -0.05) is 6.07 Å². The quantitative estimate of drug-likeness (QED) is 0.385. The molecule has 10 heteroatoms. The molecular formula is C21H25N3O7. The van der Waals surface area contributed by atoms with E-state index in [0.717, 1.165) is 0 Å². The second kappa shape index (κ2) is 11.3. The van der Waals surface area contributed by atoms with Gasteiger partial charge < -0.3 is 35.7 Å². The van der Waals surface area contributed by atoms with Crippen LogP contribution in [0, 0.1) is 0 Å². The summed E-state index contributed by atoms with van der Waals surface area (Å²) in [6.45, 7) is 0.275. The molecule has 0 aliphatic rings. The number of phenolic OH excluding ortho intramolecular Hbond substituents is 1. The molecule has 0 saturated heterocycles. The molecule has 0 unspecified atom stereocenters. The molecule has 0 aliphatic heterocycles. The average Bonchev–Trinajstić information content (AvgIpc) is 2.76. The van der Waals surface area contributed by atoms with Crippen molar-refractivity contribution in [3.63, 3.8) is 0 Å². The van der Waals surface area contributed by atoms with Gasteiger partial charge in [-0.25, -0.2) is 0 Å². The Balaban J connectivity index is 1.90. The maximum atomic E-state index is 12.5. The van der Waals surface area contributed by atoms with E-state index in [1.54, 1.807) is 12.1 Å². The molecule has 0 aliphatic carbocycles. The van der Waals surface area contributed by atoms with Crippen molar-refractivity contribution in [2.45, 2.75) is 6.42 Å². The van der Waals surface area contributed by atoms with E-state index in [1.165, 1.54) is 38.5 Å². The first kappa shape index (κ1) is 23.3. The van der Waals surface area contributed by atoms with Crippen LogP contribution in [-0.4, -0.2) is 56.7 Å². The molecule has 0 radical (unpaired) electrons. The maximum absolute atomic E-state index is 12.5. The summed E-state index contributed by atoms with van der Waals surface area (Å²) in [4.78, 5) is 35.4. The highest BCUT2D eigenvalue weighted by molar-refractivity contribution is 5.96. The van der Waals surface area contributed by atoms with Gasteiger partial charge in [0.25, 0.3) is 17.7 Å². The number of amides is 3. The Hall–Kier alpha value is -3.95. The number of phenols is 1. The number of carbonyl (C=O) groups is 3. The molecule has 0 heterocycles. The summed E-state index contributed by atoms with van der Waals surface area (Å²) >= 11 is 0. The zero-order chi connectivity index (χ0) is 22.8. The first-order valence-electron chi connectivity index (χ1n) is 9.38. The summed E-state index contributed by atoms with van der Waals surface area (Å²) in [5, 5.41) is 14.9. The minimum Gasteiger partial charge on any atom is -0.508 e. The molecule has 0 fully saturated rings. The number of primary amides is 1. The Bertz CT molecular complexity index is 921. The van der Waals surface area contributed by atoms with Crippen LogP contribution in [-0.2, 0) is 4.79 Å². The third-order valence-electron chi connectivity index (χ3n) is 4.11. The third-order valence-corrected chi connectivity index (χ3v) is 4.11. The molecule has 2 aromatic carbocycles. The Kier molecular flexibility index (Phi) is 8.50. The maximum Gasteiger partial charge on any atom is 0.255 e. The number of hydrogen-bond donors (Lipinski definition) is 4. The summed E-state index contributed by atoms with van der Waals surface area (Å²) in [5.74, 6) is -0.761. The smallest absolute Gasteiger partial charge is 0.255 e. The largest absolute Gasteiger partial charge is 0.508 e. The normalized spacial score (nSPS) is 10.1. The van der Waals surface area contributed by atoms with Gasteiger partial charge in [-0.15, -0.1) is 0 Å². The first-order valence-corrected chi connectivity index (χ1v) is 9.38. The minimum absolute atomic E-state index is 0.0109. The molecule has 31 heavy (non-hydrogen) atoms. The van der Waals surface area contributed by atoms with E-state index >= 15 is 0 Å². The molecule has 0 saturated carbocycles. The van der Waals surface area contributed by atoms with Gasteiger partial charge in [-0.3, -0.25) is 14.4 Å². The van der Waals surface area contributed by atoms with Crippen LogP contribution in [0.25, 0.3) is 0 Å². The zero-order valence-electron chi connectivity index (χ0n) is 17.3. The van der Waals surface area contributed by atoms with Gasteiger partial charge in [0.05, 0.1) is 14.2 Å². The lowest BCUT2D eigenvalue weighted by atomic mass is 10.1. The summed E-state index contributed by atoms with van der Waals surface area (Å²) < 4.78 is 15.8. The van der Waals surface area contributed by atoms with Crippen LogP contribution < -0.4 is 30.6 Å². The number of methoxy groups -OCH3 is 2. The zero-order valence-corrected chi connectivity index (χ0v) is 17.3. The summed E-state index contributed by atoms with van der Waals surface area (Å²) in [6, 6.07) is 8.93. The second-order valence-corrected chi connectivity index (χ2v) is 6.38. The van der Waals surface area contributed by atoms with E-state index in [9.17, 15) is 19.5 Å². The van der Waals surface area contributed by atoms with Crippen molar-refractivity contribution in [3.8, 4) is 23.0 Å². The average molecular weight is 431 g/mol. The molecule has 3 amide bonds. The van der Waals surface area contributed by atoms with Crippen LogP contribution in [0.15, 0.2) is 36.4 Å². The fourth-order valence-electron chi connectivity index (χ4n) is 2.64. The molecule has 2 rings (SSSR count). The van der Waals surface area contributed by atoms with E-state index in [4.69, 9.17) is 19.9 Å². The van der Waals surface area contributed by atoms with Gasteiger partial charge in [0.1, 0.15) is 5.75 Å². The molecular weight excluding hydrogens is 406 g/mol. The van der Waals surface area contributed by atoms with Crippen LogP contribution in [0.2, 0.25) is 0 Å². The van der Waals surface area contributed by atoms with Gasteiger partial charge in [0, 0.05) is 24.2 Å². The number of rotatable bonds is 11. The van der Waals surface area contributed by atoms with E-state index in [2.05, 4.69) is 10.6 Å². The monoisotopic (exact) mass is 431 g/mol. The van der Waals surface area contributed by atoms with Crippen molar-refractivity contribution in [3.05, 3.63) is 47.5 Å². The number of benzene rings is 2. The summed E-state index contributed by atoms with van der Waals surface area (Å²) in [7, 11) is 2.78. The van der Waals surface area contributed by atoms with Crippen molar-refractivity contribution >= 4 is 17.7 Å². The van der Waals surface area contributed by atoms with Gasteiger partial charge in [0.2, 0.25) is 5.75 Å². The van der Waals surface area contributed by atoms with Crippen LogP contribution in [0.4, 0.5) is 0 Å². The molecule has 10 nitrogen and oxygen atoms in total. The summed E-state index contributed by atoms with van der Waals surface area (Å²) in [5.41, 5.74) is 5.71. The van der Waals surface area contributed by atoms with Crippen molar-refractivity contribution in [2.75, 3.05) is 33.9 Å². The highest BCUT2D eigenvalue weighted by Gasteiger charge is 2.18.